The zero-order valence-corrected chi connectivity index (χ0v) is 13.8. The fraction of sp³-hybridized carbons (Fsp3) is 0.211. The van der Waals surface area contributed by atoms with Crippen molar-refractivity contribution < 1.29 is 14.1 Å². The number of carbonyl (C=O) groups is 1. The largest absolute Gasteiger partial charge is 0.497 e. The number of rotatable bonds is 4. The van der Waals surface area contributed by atoms with Crippen LogP contribution >= 0.6 is 0 Å². The Kier molecular flexibility index (Phi) is 3.93. The van der Waals surface area contributed by atoms with Gasteiger partial charge in [-0.05, 0) is 18.2 Å². The van der Waals surface area contributed by atoms with Gasteiger partial charge in [-0.15, -0.1) is 0 Å². The van der Waals surface area contributed by atoms with Gasteiger partial charge in [-0.25, -0.2) is 0 Å². The first kappa shape index (κ1) is 15.4. The van der Waals surface area contributed by atoms with Crippen LogP contribution in [0.15, 0.2) is 59.1 Å². The fourth-order valence-electron chi connectivity index (χ4n) is 2.84. The summed E-state index contributed by atoms with van der Waals surface area (Å²) in [5, 5.41) is 4.03. The predicted octanol–water partition coefficient (Wildman–Crippen LogP) is 2.98. The summed E-state index contributed by atoms with van der Waals surface area (Å²) in [7, 11) is 1.59. The van der Waals surface area contributed by atoms with Gasteiger partial charge in [0.1, 0.15) is 5.75 Å². The van der Waals surface area contributed by atoms with Crippen molar-refractivity contribution in [2.24, 2.45) is 0 Å². The lowest BCUT2D eigenvalue weighted by Crippen LogP contribution is -2.48. The smallest absolute Gasteiger partial charge is 0.254 e. The molecule has 126 valence electrons. The van der Waals surface area contributed by atoms with Crippen LogP contribution in [0.25, 0.3) is 11.4 Å². The van der Waals surface area contributed by atoms with Gasteiger partial charge in [0.2, 0.25) is 11.7 Å². The summed E-state index contributed by atoms with van der Waals surface area (Å²) in [6.07, 6.45) is 0. The molecule has 4 rings (SSSR count). The molecule has 1 amide bonds. The van der Waals surface area contributed by atoms with E-state index in [0.29, 0.717) is 36.1 Å². The van der Waals surface area contributed by atoms with Crippen molar-refractivity contribution in [3.8, 4) is 17.1 Å². The molecule has 3 aromatic rings. The van der Waals surface area contributed by atoms with Gasteiger partial charge in [0.15, 0.2) is 0 Å². The van der Waals surface area contributed by atoms with Crippen molar-refractivity contribution in [3.05, 3.63) is 66.1 Å². The van der Waals surface area contributed by atoms with E-state index in [1.165, 1.54) is 0 Å². The van der Waals surface area contributed by atoms with Crippen molar-refractivity contribution in [2.75, 3.05) is 20.2 Å². The fourth-order valence-corrected chi connectivity index (χ4v) is 2.84. The Morgan fingerprint density at radius 2 is 1.96 bits per heavy atom. The van der Waals surface area contributed by atoms with Crippen LogP contribution in [-0.2, 0) is 0 Å². The standard InChI is InChI=1S/C19H17N3O3/c1-24-16-9-5-8-14(10-16)19(23)22-11-15(12-22)18-20-17(21-25-18)13-6-3-2-4-7-13/h2-10,15H,11-12H2,1H3. The van der Waals surface area contributed by atoms with Gasteiger partial charge in [-0.1, -0.05) is 41.6 Å². The Morgan fingerprint density at radius 1 is 1.16 bits per heavy atom. The number of carbonyl (C=O) groups excluding carboxylic acids is 1. The van der Waals surface area contributed by atoms with E-state index in [0.717, 1.165) is 5.56 Å². The Balaban J connectivity index is 1.42. The van der Waals surface area contributed by atoms with E-state index in [4.69, 9.17) is 9.26 Å². The van der Waals surface area contributed by atoms with Crippen LogP contribution in [0.3, 0.4) is 0 Å². The first-order valence-corrected chi connectivity index (χ1v) is 8.07. The highest BCUT2D eigenvalue weighted by Crippen LogP contribution is 2.29. The molecule has 1 aromatic heterocycles. The minimum absolute atomic E-state index is 0.0158. The average molecular weight is 335 g/mol. The molecule has 25 heavy (non-hydrogen) atoms. The first-order valence-electron chi connectivity index (χ1n) is 8.07. The SMILES string of the molecule is COc1cccc(C(=O)N2CC(c3nc(-c4ccccc4)no3)C2)c1. The number of aromatic nitrogens is 2. The third-order valence-corrected chi connectivity index (χ3v) is 4.31. The van der Waals surface area contributed by atoms with Crippen molar-refractivity contribution in [1.82, 2.24) is 15.0 Å². The molecule has 6 heteroatoms. The second-order valence-corrected chi connectivity index (χ2v) is 5.96. The van der Waals surface area contributed by atoms with E-state index in [1.54, 1.807) is 24.1 Å². The number of hydrogen-bond donors (Lipinski definition) is 0. The van der Waals surface area contributed by atoms with Gasteiger partial charge in [-0.2, -0.15) is 4.98 Å². The predicted molar refractivity (Wildman–Crippen MR) is 91.4 cm³/mol. The van der Waals surface area contributed by atoms with Crippen LogP contribution in [0, 0.1) is 0 Å². The molecule has 0 aliphatic carbocycles. The third-order valence-electron chi connectivity index (χ3n) is 4.31. The number of likely N-dealkylation sites (tertiary alicyclic amines) is 1. The second kappa shape index (κ2) is 6.39. The Hall–Kier alpha value is -3.15. The second-order valence-electron chi connectivity index (χ2n) is 5.96. The Morgan fingerprint density at radius 3 is 2.72 bits per heavy atom. The van der Waals surface area contributed by atoms with Crippen LogP contribution in [0.2, 0.25) is 0 Å². The van der Waals surface area contributed by atoms with Crippen molar-refractivity contribution in [2.45, 2.75) is 5.92 Å². The summed E-state index contributed by atoms with van der Waals surface area (Å²) < 4.78 is 10.5. The van der Waals surface area contributed by atoms with Gasteiger partial charge in [0, 0.05) is 24.2 Å². The zero-order chi connectivity index (χ0) is 17.2. The topological polar surface area (TPSA) is 68.5 Å². The normalized spacial score (nSPS) is 14.2. The molecule has 1 fully saturated rings. The van der Waals surface area contributed by atoms with Gasteiger partial charge in [0.25, 0.3) is 5.91 Å². The molecular weight excluding hydrogens is 318 g/mol. The van der Waals surface area contributed by atoms with Crippen LogP contribution in [0.1, 0.15) is 22.2 Å². The molecule has 0 spiro atoms. The molecule has 2 aromatic carbocycles. The Labute approximate surface area is 145 Å². The Bertz CT molecular complexity index is 886. The zero-order valence-electron chi connectivity index (χ0n) is 13.8. The number of amides is 1. The van der Waals surface area contributed by atoms with Crippen LogP contribution in [-0.4, -0.2) is 41.1 Å². The summed E-state index contributed by atoms with van der Waals surface area (Å²) in [5.74, 6) is 1.89. The van der Waals surface area contributed by atoms with E-state index in [-0.39, 0.29) is 11.8 Å². The highest BCUT2D eigenvalue weighted by Gasteiger charge is 2.36. The lowest BCUT2D eigenvalue weighted by atomic mass is 9.98. The molecule has 0 unspecified atom stereocenters. The van der Waals surface area contributed by atoms with E-state index in [2.05, 4.69) is 10.1 Å². The van der Waals surface area contributed by atoms with Gasteiger partial charge >= 0.3 is 0 Å². The van der Waals surface area contributed by atoms with E-state index in [9.17, 15) is 4.79 Å². The van der Waals surface area contributed by atoms with Gasteiger partial charge in [-0.3, -0.25) is 4.79 Å². The molecular formula is C19H17N3O3. The highest BCUT2D eigenvalue weighted by molar-refractivity contribution is 5.95. The maximum Gasteiger partial charge on any atom is 0.254 e. The molecule has 1 aliphatic heterocycles. The lowest BCUT2D eigenvalue weighted by Gasteiger charge is -2.37. The number of hydrogen-bond acceptors (Lipinski definition) is 5. The van der Waals surface area contributed by atoms with Crippen molar-refractivity contribution >= 4 is 5.91 Å². The quantitative estimate of drug-likeness (QED) is 0.733. The van der Waals surface area contributed by atoms with E-state index in [1.807, 2.05) is 42.5 Å². The lowest BCUT2D eigenvalue weighted by molar-refractivity contribution is 0.0569. The van der Waals surface area contributed by atoms with E-state index >= 15 is 0 Å². The average Bonchev–Trinajstić information content (AvgIpc) is 3.11. The number of methoxy groups -OCH3 is 1. The monoisotopic (exact) mass is 335 g/mol. The molecule has 1 aliphatic rings. The van der Waals surface area contributed by atoms with Gasteiger partial charge in [0.05, 0.1) is 13.0 Å². The summed E-state index contributed by atoms with van der Waals surface area (Å²) in [4.78, 5) is 18.7. The van der Waals surface area contributed by atoms with Crippen LogP contribution in [0.5, 0.6) is 5.75 Å². The molecule has 0 radical (unpaired) electrons. The summed E-state index contributed by atoms with van der Waals surface area (Å²) in [6.45, 7) is 1.15. The summed E-state index contributed by atoms with van der Waals surface area (Å²) >= 11 is 0. The summed E-state index contributed by atoms with van der Waals surface area (Å²) in [6, 6.07) is 16.9. The molecule has 0 N–H and O–H groups in total. The van der Waals surface area contributed by atoms with Crippen LogP contribution < -0.4 is 4.74 Å². The number of ether oxygens (including phenoxy) is 1. The highest BCUT2D eigenvalue weighted by atomic mass is 16.5. The molecule has 1 saturated heterocycles. The van der Waals surface area contributed by atoms with Crippen LogP contribution in [0.4, 0.5) is 0 Å². The molecule has 6 nitrogen and oxygen atoms in total. The molecule has 2 heterocycles. The molecule has 0 bridgehead atoms. The minimum atomic E-state index is -0.0158. The summed E-state index contributed by atoms with van der Waals surface area (Å²) in [5.41, 5.74) is 1.54. The number of benzene rings is 2. The maximum absolute atomic E-state index is 12.5. The van der Waals surface area contributed by atoms with Gasteiger partial charge < -0.3 is 14.2 Å². The molecule has 0 saturated carbocycles. The minimum Gasteiger partial charge on any atom is -0.497 e. The maximum atomic E-state index is 12.5. The molecule has 0 atom stereocenters. The number of nitrogens with zero attached hydrogens (tertiary/aromatic N) is 3. The van der Waals surface area contributed by atoms with E-state index < -0.39 is 0 Å². The van der Waals surface area contributed by atoms with Crippen molar-refractivity contribution in [3.63, 3.8) is 0 Å². The third kappa shape index (κ3) is 2.98. The first-order chi connectivity index (χ1) is 12.2. The van der Waals surface area contributed by atoms with Crippen molar-refractivity contribution in [1.29, 1.82) is 0 Å².